The van der Waals surface area contributed by atoms with Crippen LogP contribution >= 0.6 is 0 Å². The van der Waals surface area contributed by atoms with Crippen LogP contribution in [0.5, 0.6) is 0 Å². The van der Waals surface area contributed by atoms with Gasteiger partial charge in [-0.15, -0.1) is 0 Å². The van der Waals surface area contributed by atoms with Crippen LogP contribution in [0.15, 0.2) is 47.1 Å². The van der Waals surface area contributed by atoms with Crippen molar-refractivity contribution in [3.63, 3.8) is 0 Å². The van der Waals surface area contributed by atoms with Crippen molar-refractivity contribution in [1.82, 2.24) is 14.9 Å². The van der Waals surface area contributed by atoms with Crippen molar-refractivity contribution < 1.29 is 9.21 Å². The average Bonchev–Trinajstić information content (AvgIpc) is 3.13. The highest BCUT2D eigenvalue weighted by atomic mass is 16.3. The number of aryl methyl sites for hydroxylation is 1. The van der Waals surface area contributed by atoms with Crippen molar-refractivity contribution >= 4 is 16.9 Å². The zero-order valence-corrected chi connectivity index (χ0v) is 12.9. The molecule has 0 unspecified atom stereocenters. The molecule has 0 aliphatic heterocycles. The molecule has 114 valence electrons. The van der Waals surface area contributed by atoms with Crippen LogP contribution in [0.2, 0.25) is 0 Å². The molecule has 0 saturated carbocycles. The van der Waals surface area contributed by atoms with E-state index in [2.05, 4.69) is 24.1 Å². The number of fused-ring (bicyclic) bond motifs is 1. The van der Waals surface area contributed by atoms with Crippen molar-refractivity contribution in [1.29, 1.82) is 0 Å². The molecule has 3 aromatic rings. The number of amides is 1. The van der Waals surface area contributed by atoms with E-state index in [1.807, 2.05) is 35.9 Å². The molecular formula is C17H19N3O2. The van der Waals surface area contributed by atoms with Gasteiger partial charge in [0.2, 0.25) is 0 Å². The number of carbonyl (C=O) groups is 1. The Kier molecular flexibility index (Phi) is 3.71. The molecule has 1 N–H and O–H groups in total. The lowest BCUT2D eigenvalue weighted by atomic mass is 10.0. The summed E-state index contributed by atoms with van der Waals surface area (Å²) in [4.78, 5) is 17.0. The van der Waals surface area contributed by atoms with Gasteiger partial charge >= 0.3 is 0 Å². The Morgan fingerprint density at radius 3 is 2.64 bits per heavy atom. The normalized spacial score (nSPS) is 12.7. The second-order valence-electron chi connectivity index (χ2n) is 5.69. The van der Waals surface area contributed by atoms with Crippen molar-refractivity contribution in [3.8, 4) is 0 Å². The Hall–Kier alpha value is -2.56. The summed E-state index contributed by atoms with van der Waals surface area (Å²) < 4.78 is 7.19. The molecule has 5 heteroatoms. The highest BCUT2D eigenvalue weighted by Crippen LogP contribution is 2.25. The Labute approximate surface area is 129 Å². The minimum atomic E-state index is -0.226. The summed E-state index contributed by atoms with van der Waals surface area (Å²) in [6, 6.07) is 11.1. The molecular weight excluding hydrogens is 278 g/mol. The van der Waals surface area contributed by atoms with Crippen molar-refractivity contribution in [2.75, 3.05) is 0 Å². The zero-order chi connectivity index (χ0) is 15.7. The highest BCUT2D eigenvalue weighted by molar-refractivity contribution is 5.91. The fraction of sp³-hybridized carbons (Fsp3) is 0.294. The minimum Gasteiger partial charge on any atom is -0.459 e. The molecule has 0 bridgehead atoms. The first-order chi connectivity index (χ1) is 10.6. The third-order valence-corrected chi connectivity index (χ3v) is 3.80. The second-order valence-corrected chi connectivity index (χ2v) is 5.69. The van der Waals surface area contributed by atoms with Crippen LogP contribution < -0.4 is 5.32 Å². The van der Waals surface area contributed by atoms with Gasteiger partial charge in [0.05, 0.1) is 23.3 Å². The third kappa shape index (κ3) is 2.50. The van der Waals surface area contributed by atoms with Gasteiger partial charge in [0.1, 0.15) is 5.82 Å². The number of para-hydroxylation sites is 2. The topological polar surface area (TPSA) is 60.1 Å². The van der Waals surface area contributed by atoms with E-state index in [0.29, 0.717) is 5.76 Å². The van der Waals surface area contributed by atoms with E-state index < -0.39 is 0 Å². The lowest BCUT2D eigenvalue weighted by Crippen LogP contribution is -2.33. The van der Waals surface area contributed by atoms with Gasteiger partial charge in [-0.2, -0.15) is 0 Å². The number of aromatic nitrogens is 2. The summed E-state index contributed by atoms with van der Waals surface area (Å²) in [6.07, 6.45) is 1.49. The number of imidazole rings is 1. The first kappa shape index (κ1) is 14.4. The summed E-state index contributed by atoms with van der Waals surface area (Å²) in [6.45, 7) is 4.12. The lowest BCUT2D eigenvalue weighted by molar-refractivity contribution is 0.0894. The molecule has 0 saturated heterocycles. The maximum atomic E-state index is 12.3. The fourth-order valence-corrected chi connectivity index (χ4v) is 2.59. The van der Waals surface area contributed by atoms with Crippen LogP contribution in [0.4, 0.5) is 0 Å². The van der Waals surface area contributed by atoms with Gasteiger partial charge in [0.25, 0.3) is 5.91 Å². The maximum absolute atomic E-state index is 12.3. The fourth-order valence-electron chi connectivity index (χ4n) is 2.59. The number of furan rings is 1. The molecule has 0 fully saturated rings. The average molecular weight is 297 g/mol. The summed E-state index contributed by atoms with van der Waals surface area (Å²) in [5, 5.41) is 3.02. The van der Waals surface area contributed by atoms with E-state index in [4.69, 9.17) is 4.42 Å². The predicted octanol–water partition coefficient (Wildman–Crippen LogP) is 3.29. The number of rotatable bonds is 4. The number of nitrogens with zero attached hydrogens (tertiary/aromatic N) is 2. The van der Waals surface area contributed by atoms with Gasteiger partial charge in [-0.05, 0) is 30.2 Å². The molecule has 3 rings (SSSR count). The molecule has 5 nitrogen and oxygen atoms in total. The van der Waals surface area contributed by atoms with Gasteiger partial charge in [0.15, 0.2) is 5.76 Å². The summed E-state index contributed by atoms with van der Waals surface area (Å²) in [5.41, 5.74) is 1.98. The number of hydrogen-bond acceptors (Lipinski definition) is 3. The van der Waals surface area contributed by atoms with Crippen LogP contribution in [-0.4, -0.2) is 15.5 Å². The lowest BCUT2D eigenvalue weighted by Gasteiger charge is -2.21. The van der Waals surface area contributed by atoms with Crippen molar-refractivity contribution in [3.05, 3.63) is 54.2 Å². The number of hydrogen-bond donors (Lipinski definition) is 1. The molecule has 2 heterocycles. The van der Waals surface area contributed by atoms with E-state index in [-0.39, 0.29) is 17.9 Å². The molecule has 0 aliphatic rings. The maximum Gasteiger partial charge on any atom is 0.287 e. The first-order valence-electron chi connectivity index (χ1n) is 7.33. The van der Waals surface area contributed by atoms with Crippen LogP contribution in [0, 0.1) is 5.92 Å². The molecule has 1 atom stereocenters. The molecule has 0 spiro atoms. The van der Waals surface area contributed by atoms with Gasteiger partial charge in [-0.1, -0.05) is 26.0 Å². The molecule has 0 aliphatic carbocycles. The predicted molar refractivity (Wildman–Crippen MR) is 84.5 cm³/mol. The zero-order valence-electron chi connectivity index (χ0n) is 12.9. The number of benzene rings is 1. The molecule has 2 aromatic heterocycles. The monoisotopic (exact) mass is 297 g/mol. The Morgan fingerprint density at radius 2 is 2.00 bits per heavy atom. The largest absolute Gasteiger partial charge is 0.459 e. The van der Waals surface area contributed by atoms with E-state index in [1.165, 1.54) is 6.26 Å². The Balaban J connectivity index is 1.96. The Morgan fingerprint density at radius 1 is 1.23 bits per heavy atom. The smallest absolute Gasteiger partial charge is 0.287 e. The molecule has 1 amide bonds. The van der Waals surface area contributed by atoms with E-state index in [0.717, 1.165) is 16.9 Å². The third-order valence-electron chi connectivity index (χ3n) is 3.80. The summed E-state index contributed by atoms with van der Waals surface area (Å²) in [5.74, 6) is 1.13. The van der Waals surface area contributed by atoms with E-state index in [1.54, 1.807) is 12.1 Å². The highest BCUT2D eigenvalue weighted by Gasteiger charge is 2.25. The molecule has 22 heavy (non-hydrogen) atoms. The SMILES string of the molecule is CC(C)[C@@H](NC(=O)c1ccco1)c1nc2ccccc2n1C. The summed E-state index contributed by atoms with van der Waals surface area (Å²) in [7, 11) is 1.97. The van der Waals surface area contributed by atoms with Gasteiger partial charge < -0.3 is 14.3 Å². The Bertz CT molecular complexity index is 787. The molecule has 1 aromatic carbocycles. The van der Waals surface area contributed by atoms with Gasteiger partial charge in [-0.25, -0.2) is 4.98 Å². The van der Waals surface area contributed by atoms with Crippen molar-refractivity contribution in [2.45, 2.75) is 19.9 Å². The first-order valence-corrected chi connectivity index (χ1v) is 7.33. The van der Waals surface area contributed by atoms with E-state index in [9.17, 15) is 4.79 Å². The number of nitrogens with one attached hydrogen (secondary N) is 1. The second kappa shape index (κ2) is 5.67. The number of carbonyl (C=O) groups excluding carboxylic acids is 1. The van der Waals surface area contributed by atoms with Crippen LogP contribution in [0.25, 0.3) is 11.0 Å². The van der Waals surface area contributed by atoms with Gasteiger partial charge in [0, 0.05) is 7.05 Å². The quantitative estimate of drug-likeness (QED) is 0.804. The standard InChI is InChI=1S/C17H19N3O2/c1-11(2)15(19-17(21)14-9-6-10-22-14)16-18-12-7-4-5-8-13(12)20(16)3/h4-11,15H,1-3H3,(H,19,21)/t15-/m1/s1. The van der Waals surface area contributed by atoms with Crippen LogP contribution in [0.3, 0.4) is 0 Å². The molecule has 0 radical (unpaired) electrons. The van der Waals surface area contributed by atoms with Crippen LogP contribution in [-0.2, 0) is 7.05 Å². The van der Waals surface area contributed by atoms with E-state index >= 15 is 0 Å². The van der Waals surface area contributed by atoms with Crippen LogP contribution in [0.1, 0.15) is 36.3 Å². The van der Waals surface area contributed by atoms with Crippen molar-refractivity contribution in [2.24, 2.45) is 13.0 Å². The van der Waals surface area contributed by atoms with Gasteiger partial charge in [-0.3, -0.25) is 4.79 Å². The minimum absolute atomic E-state index is 0.185. The summed E-state index contributed by atoms with van der Waals surface area (Å²) >= 11 is 0.